The largest absolute Gasteiger partial charge is 0.507 e. The average Bonchev–Trinajstić information content (AvgIpc) is 2.13. The van der Waals surface area contributed by atoms with Gasteiger partial charge in [0.2, 0.25) is 0 Å². The smallest absolute Gasteiger partial charge is 0.181 e. The molecule has 0 bridgehead atoms. The minimum Gasteiger partial charge on any atom is -0.507 e. The van der Waals surface area contributed by atoms with Crippen molar-refractivity contribution in [2.24, 2.45) is 0 Å². The van der Waals surface area contributed by atoms with Gasteiger partial charge in [-0.1, -0.05) is 6.07 Å². The summed E-state index contributed by atoms with van der Waals surface area (Å²) in [4.78, 5) is 11.2. The molecule has 13 heavy (non-hydrogen) atoms. The molecule has 0 spiro atoms. The van der Waals surface area contributed by atoms with E-state index in [1.165, 1.54) is 0 Å². The van der Waals surface area contributed by atoms with E-state index in [0.717, 1.165) is 11.1 Å². The van der Waals surface area contributed by atoms with Crippen LogP contribution in [0.1, 0.15) is 21.5 Å². The Kier molecular flexibility index (Phi) is 2.94. The summed E-state index contributed by atoms with van der Waals surface area (Å²) in [5.74, 6) is -0.302. The zero-order chi connectivity index (χ0) is 10.0. The quantitative estimate of drug-likeness (QED) is 0.586. The van der Waals surface area contributed by atoms with Crippen LogP contribution >= 0.6 is 11.6 Å². The number of rotatable bonds is 2. The number of benzene rings is 1. The number of carbonyl (C=O) groups is 1. The molecule has 1 aromatic carbocycles. The van der Waals surface area contributed by atoms with Gasteiger partial charge in [-0.2, -0.15) is 0 Å². The highest BCUT2D eigenvalue weighted by molar-refractivity contribution is 6.30. The van der Waals surface area contributed by atoms with Gasteiger partial charge >= 0.3 is 0 Å². The lowest BCUT2D eigenvalue weighted by Gasteiger charge is -2.06. The van der Waals surface area contributed by atoms with Crippen molar-refractivity contribution in [3.8, 4) is 5.75 Å². The molecule has 3 heteroatoms. The third-order valence-corrected chi connectivity index (χ3v) is 2.37. The average molecular weight is 199 g/mol. The van der Waals surface area contributed by atoms with Gasteiger partial charge in [-0.05, 0) is 31.0 Å². The number of halogens is 1. The number of ketones is 1. The Bertz CT molecular complexity index is 345. The van der Waals surface area contributed by atoms with Gasteiger partial charge < -0.3 is 5.11 Å². The van der Waals surface area contributed by atoms with E-state index >= 15 is 0 Å². The first-order valence-electron chi connectivity index (χ1n) is 3.96. The molecular formula is C10H11ClO2. The molecule has 0 heterocycles. The summed E-state index contributed by atoms with van der Waals surface area (Å²) in [6.07, 6.45) is 0. The first kappa shape index (κ1) is 10.1. The first-order valence-corrected chi connectivity index (χ1v) is 4.49. The van der Waals surface area contributed by atoms with E-state index in [1.54, 1.807) is 19.1 Å². The fraction of sp³-hybridized carbons (Fsp3) is 0.300. The molecule has 2 nitrogen and oxygen atoms in total. The van der Waals surface area contributed by atoms with Crippen LogP contribution in [0, 0.1) is 13.8 Å². The van der Waals surface area contributed by atoms with Gasteiger partial charge in [0.15, 0.2) is 5.78 Å². The van der Waals surface area contributed by atoms with Crippen molar-refractivity contribution in [1.82, 2.24) is 0 Å². The van der Waals surface area contributed by atoms with Gasteiger partial charge in [0.25, 0.3) is 0 Å². The molecule has 0 radical (unpaired) electrons. The number of aryl methyl sites for hydroxylation is 1. The lowest BCUT2D eigenvalue weighted by molar-refractivity contribution is 0.101. The van der Waals surface area contributed by atoms with Crippen molar-refractivity contribution in [1.29, 1.82) is 0 Å². The predicted molar refractivity (Wildman–Crippen MR) is 52.6 cm³/mol. The molecule has 1 rings (SSSR count). The highest BCUT2D eigenvalue weighted by Crippen LogP contribution is 2.25. The normalized spacial score (nSPS) is 10.1. The van der Waals surface area contributed by atoms with E-state index in [4.69, 9.17) is 11.6 Å². The second kappa shape index (κ2) is 3.79. The number of hydrogen-bond acceptors (Lipinski definition) is 2. The first-order chi connectivity index (χ1) is 6.07. The third kappa shape index (κ3) is 1.83. The Hall–Kier alpha value is -1.02. The van der Waals surface area contributed by atoms with Crippen LogP contribution in [0.4, 0.5) is 0 Å². The van der Waals surface area contributed by atoms with Crippen molar-refractivity contribution in [3.05, 3.63) is 28.8 Å². The number of Topliss-reactive ketones (excluding diaryl/α,β-unsaturated/α-hetero) is 1. The van der Waals surface area contributed by atoms with Crippen molar-refractivity contribution in [2.75, 3.05) is 5.88 Å². The molecule has 1 aromatic rings. The molecule has 0 saturated carbocycles. The molecule has 0 aliphatic heterocycles. The summed E-state index contributed by atoms with van der Waals surface area (Å²) in [6, 6.07) is 3.40. The van der Waals surface area contributed by atoms with Crippen molar-refractivity contribution in [2.45, 2.75) is 13.8 Å². The molecular weight excluding hydrogens is 188 g/mol. The summed E-state index contributed by atoms with van der Waals surface area (Å²) >= 11 is 5.39. The highest BCUT2D eigenvalue weighted by atomic mass is 35.5. The Morgan fingerprint density at radius 2 is 2.08 bits per heavy atom. The van der Waals surface area contributed by atoms with Crippen LogP contribution in [-0.2, 0) is 0 Å². The van der Waals surface area contributed by atoms with E-state index in [2.05, 4.69) is 0 Å². The van der Waals surface area contributed by atoms with Gasteiger partial charge in [0.1, 0.15) is 5.75 Å². The lowest BCUT2D eigenvalue weighted by Crippen LogP contribution is -2.02. The van der Waals surface area contributed by atoms with Crippen LogP contribution in [0.25, 0.3) is 0 Å². The summed E-state index contributed by atoms with van der Waals surface area (Å²) in [6.45, 7) is 3.65. The summed E-state index contributed by atoms with van der Waals surface area (Å²) in [7, 11) is 0. The van der Waals surface area contributed by atoms with E-state index in [1.807, 2.05) is 6.92 Å². The van der Waals surface area contributed by atoms with Crippen LogP contribution in [0.5, 0.6) is 5.75 Å². The Morgan fingerprint density at radius 1 is 1.46 bits per heavy atom. The van der Waals surface area contributed by atoms with E-state index < -0.39 is 0 Å². The Balaban J connectivity index is 3.26. The molecule has 0 aliphatic rings. The van der Waals surface area contributed by atoms with Crippen molar-refractivity contribution < 1.29 is 9.90 Å². The molecule has 0 atom stereocenters. The number of hydrogen-bond donors (Lipinski definition) is 1. The highest BCUT2D eigenvalue weighted by Gasteiger charge is 2.12. The molecule has 1 N–H and O–H groups in total. The maximum atomic E-state index is 11.2. The van der Waals surface area contributed by atoms with Crippen LogP contribution in [0.3, 0.4) is 0 Å². The maximum Gasteiger partial charge on any atom is 0.181 e. The summed E-state index contributed by atoms with van der Waals surface area (Å²) in [5.41, 5.74) is 2.00. The van der Waals surface area contributed by atoms with E-state index in [9.17, 15) is 9.90 Å². The van der Waals surface area contributed by atoms with Crippen LogP contribution in [0.2, 0.25) is 0 Å². The molecule has 0 saturated heterocycles. The zero-order valence-corrected chi connectivity index (χ0v) is 8.35. The monoisotopic (exact) mass is 198 g/mol. The molecule has 0 amide bonds. The minimum absolute atomic E-state index is 0.0469. The fourth-order valence-corrected chi connectivity index (χ4v) is 1.24. The Morgan fingerprint density at radius 3 is 2.62 bits per heavy atom. The number of aromatic hydroxyl groups is 1. The van der Waals surface area contributed by atoms with Crippen LogP contribution in [0.15, 0.2) is 12.1 Å². The van der Waals surface area contributed by atoms with Gasteiger partial charge in [-0.15, -0.1) is 11.6 Å². The van der Waals surface area contributed by atoms with E-state index in [-0.39, 0.29) is 17.4 Å². The molecule has 0 fully saturated rings. The number of phenolic OH excluding ortho intramolecular Hbond substituents is 1. The Labute approximate surface area is 82.2 Å². The van der Waals surface area contributed by atoms with Gasteiger partial charge in [-0.25, -0.2) is 0 Å². The second-order valence-electron chi connectivity index (χ2n) is 2.96. The van der Waals surface area contributed by atoms with E-state index in [0.29, 0.717) is 5.56 Å². The summed E-state index contributed by atoms with van der Waals surface area (Å²) < 4.78 is 0. The van der Waals surface area contributed by atoms with Crippen LogP contribution < -0.4 is 0 Å². The third-order valence-electron chi connectivity index (χ3n) is 2.12. The van der Waals surface area contributed by atoms with Crippen molar-refractivity contribution in [3.63, 3.8) is 0 Å². The van der Waals surface area contributed by atoms with Gasteiger partial charge in [0, 0.05) is 0 Å². The van der Waals surface area contributed by atoms with Crippen LogP contribution in [-0.4, -0.2) is 16.8 Å². The number of phenols is 1. The number of carbonyl (C=O) groups excluding carboxylic acids is 1. The molecule has 70 valence electrons. The number of alkyl halides is 1. The van der Waals surface area contributed by atoms with Gasteiger partial charge in [0.05, 0.1) is 11.4 Å². The molecule has 0 unspecified atom stereocenters. The predicted octanol–water partition coefficient (Wildman–Crippen LogP) is 2.43. The molecule has 0 aliphatic carbocycles. The van der Waals surface area contributed by atoms with Gasteiger partial charge in [-0.3, -0.25) is 4.79 Å². The standard InChI is InChI=1S/C10H11ClO2/c1-6-3-4-8(9(12)5-11)10(13)7(6)2/h3-4,13H,5H2,1-2H3. The zero-order valence-electron chi connectivity index (χ0n) is 7.60. The fourth-order valence-electron chi connectivity index (χ4n) is 1.10. The maximum absolute atomic E-state index is 11.2. The topological polar surface area (TPSA) is 37.3 Å². The lowest BCUT2D eigenvalue weighted by atomic mass is 10.0. The second-order valence-corrected chi connectivity index (χ2v) is 3.23. The SMILES string of the molecule is Cc1ccc(C(=O)CCl)c(O)c1C. The minimum atomic E-state index is -0.248. The molecule has 0 aromatic heterocycles. The van der Waals surface area contributed by atoms with Crippen molar-refractivity contribution >= 4 is 17.4 Å². The summed E-state index contributed by atoms with van der Waals surface area (Å²) in [5, 5.41) is 9.60.